The molecule has 0 spiro atoms. The van der Waals surface area contributed by atoms with Crippen molar-refractivity contribution in [2.24, 2.45) is 0 Å². The van der Waals surface area contributed by atoms with E-state index in [9.17, 15) is 4.79 Å². The van der Waals surface area contributed by atoms with Gasteiger partial charge in [0, 0.05) is 17.5 Å². The van der Waals surface area contributed by atoms with E-state index in [2.05, 4.69) is 11.8 Å². The maximum absolute atomic E-state index is 11.1. The molecular formula is C13H14O2. The number of hydrogen-bond acceptors (Lipinski definition) is 2. The average molecular weight is 202 g/mol. The smallest absolute Gasteiger partial charge is 0.159 e. The lowest BCUT2D eigenvalue weighted by Gasteiger charge is -2.00. The van der Waals surface area contributed by atoms with Gasteiger partial charge in [-0.15, -0.1) is 0 Å². The van der Waals surface area contributed by atoms with Crippen molar-refractivity contribution in [3.63, 3.8) is 0 Å². The van der Waals surface area contributed by atoms with E-state index in [0.717, 1.165) is 11.1 Å². The predicted molar refractivity (Wildman–Crippen MR) is 59.8 cm³/mol. The number of hydrogen-bond donors (Lipinski definition) is 1. The SMILES string of the molecule is CC(=O)c1ccc(C#CCCO)c(C)c1. The van der Waals surface area contributed by atoms with Gasteiger partial charge in [0.15, 0.2) is 5.78 Å². The van der Waals surface area contributed by atoms with E-state index in [4.69, 9.17) is 5.11 Å². The lowest BCUT2D eigenvalue weighted by atomic mass is 10.0. The van der Waals surface area contributed by atoms with Crippen LogP contribution in [0.4, 0.5) is 0 Å². The van der Waals surface area contributed by atoms with Gasteiger partial charge in [-0.2, -0.15) is 0 Å². The van der Waals surface area contributed by atoms with Crippen molar-refractivity contribution in [3.05, 3.63) is 34.9 Å². The van der Waals surface area contributed by atoms with Crippen molar-refractivity contribution in [1.82, 2.24) is 0 Å². The van der Waals surface area contributed by atoms with E-state index in [0.29, 0.717) is 12.0 Å². The van der Waals surface area contributed by atoms with Crippen LogP contribution in [-0.2, 0) is 0 Å². The highest BCUT2D eigenvalue weighted by molar-refractivity contribution is 5.94. The van der Waals surface area contributed by atoms with Crippen molar-refractivity contribution in [1.29, 1.82) is 0 Å². The second kappa shape index (κ2) is 5.33. The van der Waals surface area contributed by atoms with Crippen LogP contribution in [-0.4, -0.2) is 17.5 Å². The monoisotopic (exact) mass is 202 g/mol. The number of aryl methyl sites for hydroxylation is 1. The highest BCUT2D eigenvalue weighted by atomic mass is 16.2. The first-order valence-corrected chi connectivity index (χ1v) is 4.86. The molecule has 0 aromatic heterocycles. The van der Waals surface area contributed by atoms with Gasteiger partial charge in [-0.25, -0.2) is 0 Å². The molecule has 2 heteroatoms. The van der Waals surface area contributed by atoms with Crippen LogP contribution in [0.15, 0.2) is 18.2 Å². The minimum atomic E-state index is 0.0629. The molecule has 2 nitrogen and oxygen atoms in total. The average Bonchev–Trinajstić information content (AvgIpc) is 2.20. The third kappa shape index (κ3) is 3.23. The van der Waals surface area contributed by atoms with E-state index in [1.165, 1.54) is 0 Å². The van der Waals surface area contributed by atoms with Gasteiger partial charge in [0.2, 0.25) is 0 Å². The Labute approximate surface area is 89.9 Å². The van der Waals surface area contributed by atoms with Gasteiger partial charge in [0.25, 0.3) is 0 Å². The molecule has 0 aliphatic carbocycles. The summed E-state index contributed by atoms with van der Waals surface area (Å²) in [5, 5.41) is 8.58. The fourth-order valence-corrected chi connectivity index (χ4v) is 1.24. The molecule has 0 radical (unpaired) electrons. The number of ketones is 1. The Kier molecular flexibility index (Phi) is 4.08. The Morgan fingerprint density at radius 2 is 2.20 bits per heavy atom. The van der Waals surface area contributed by atoms with Crippen molar-refractivity contribution in [2.45, 2.75) is 20.3 Å². The Morgan fingerprint density at radius 1 is 1.47 bits per heavy atom. The quantitative estimate of drug-likeness (QED) is 0.587. The summed E-state index contributed by atoms with van der Waals surface area (Å²) in [6.07, 6.45) is 0.480. The van der Waals surface area contributed by atoms with Crippen molar-refractivity contribution < 1.29 is 9.90 Å². The lowest BCUT2D eigenvalue weighted by Crippen LogP contribution is -1.93. The maximum Gasteiger partial charge on any atom is 0.159 e. The first-order chi connectivity index (χ1) is 7.15. The number of aliphatic hydroxyl groups excluding tert-OH is 1. The second-order valence-electron chi connectivity index (χ2n) is 3.36. The molecule has 0 saturated carbocycles. The molecule has 78 valence electrons. The summed E-state index contributed by atoms with van der Waals surface area (Å²) in [5.41, 5.74) is 2.61. The molecule has 15 heavy (non-hydrogen) atoms. The third-order valence-electron chi connectivity index (χ3n) is 2.09. The highest BCUT2D eigenvalue weighted by Crippen LogP contribution is 2.10. The van der Waals surface area contributed by atoms with Gasteiger partial charge in [-0.1, -0.05) is 17.9 Å². The summed E-state index contributed by atoms with van der Waals surface area (Å²) in [4.78, 5) is 11.1. The van der Waals surface area contributed by atoms with Crippen molar-refractivity contribution in [2.75, 3.05) is 6.61 Å². The number of rotatable bonds is 2. The molecular weight excluding hydrogens is 188 g/mol. The Balaban J connectivity index is 2.95. The number of aliphatic hydroxyl groups is 1. The highest BCUT2D eigenvalue weighted by Gasteiger charge is 2.01. The lowest BCUT2D eigenvalue weighted by molar-refractivity contribution is 0.101. The Morgan fingerprint density at radius 3 is 2.73 bits per heavy atom. The van der Waals surface area contributed by atoms with Crippen LogP contribution in [0, 0.1) is 18.8 Å². The fraction of sp³-hybridized carbons (Fsp3) is 0.308. The van der Waals surface area contributed by atoms with E-state index in [1.54, 1.807) is 13.0 Å². The summed E-state index contributed by atoms with van der Waals surface area (Å²) in [6, 6.07) is 5.46. The molecule has 0 bridgehead atoms. The molecule has 1 aromatic carbocycles. The predicted octanol–water partition coefficient (Wildman–Crippen LogP) is 1.93. The number of carbonyl (C=O) groups excluding carboxylic acids is 1. The van der Waals surface area contributed by atoms with Crippen molar-refractivity contribution in [3.8, 4) is 11.8 Å². The zero-order valence-corrected chi connectivity index (χ0v) is 9.00. The maximum atomic E-state index is 11.1. The number of benzene rings is 1. The third-order valence-corrected chi connectivity index (χ3v) is 2.09. The molecule has 0 fully saturated rings. The van der Waals surface area contributed by atoms with Crippen LogP contribution in [0.25, 0.3) is 0 Å². The summed E-state index contributed by atoms with van der Waals surface area (Å²) in [7, 11) is 0. The minimum Gasteiger partial charge on any atom is -0.395 e. The van der Waals surface area contributed by atoms with Crippen LogP contribution in [0.1, 0.15) is 34.8 Å². The first kappa shape index (κ1) is 11.5. The zero-order chi connectivity index (χ0) is 11.3. The first-order valence-electron chi connectivity index (χ1n) is 4.86. The van der Waals surface area contributed by atoms with Crippen LogP contribution in [0.5, 0.6) is 0 Å². The largest absolute Gasteiger partial charge is 0.395 e. The normalized spacial score (nSPS) is 9.27. The van der Waals surface area contributed by atoms with Crippen LogP contribution in [0.3, 0.4) is 0 Å². The number of Topliss-reactive ketones (excluding diaryl/α,β-unsaturated/α-hetero) is 1. The number of carbonyl (C=O) groups is 1. The molecule has 0 heterocycles. The second-order valence-corrected chi connectivity index (χ2v) is 3.36. The van der Waals surface area contributed by atoms with Gasteiger partial charge in [0.05, 0.1) is 6.61 Å². The van der Waals surface area contributed by atoms with Crippen molar-refractivity contribution >= 4 is 5.78 Å². The topological polar surface area (TPSA) is 37.3 Å². The summed E-state index contributed by atoms with van der Waals surface area (Å²) < 4.78 is 0. The molecule has 0 aliphatic heterocycles. The molecule has 0 saturated heterocycles. The fourth-order valence-electron chi connectivity index (χ4n) is 1.24. The Hall–Kier alpha value is -1.59. The van der Waals surface area contributed by atoms with Gasteiger partial charge in [0.1, 0.15) is 0 Å². The standard InChI is InChI=1S/C13H14O2/c1-10-9-13(11(2)15)7-6-12(10)5-3-4-8-14/h6-7,9,14H,4,8H2,1-2H3. The molecule has 1 N–H and O–H groups in total. The molecule has 1 rings (SSSR count). The summed E-state index contributed by atoms with van der Waals surface area (Å²) >= 11 is 0. The zero-order valence-electron chi connectivity index (χ0n) is 9.00. The Bertz CT molecular complexity index is 422. The van der Waals surface area contributed by atoms with Gasteiger partial charge >= 0.3 is 0 Å². The molecule has 0 unspecified atom stereocenters. The van der Waals surface area contributed by atoms with Crippen LogP contribution in [0.2, 0.25) is 0 Å². The molecule has 0 atom stereocenters. The van der Waals surface area contributed by atoms with Crippen LogP contribution >= 0.6 is 0 Å². The van der Waals surface area contributed by atoms with Crippen LogP contribution < -0.4 is 0 Å². The van der Waals surface area contributed by atoms with E-state index in [-0.39, 0.29) is 12.4 Å². The molecule has 1 aromatic rings. The van der Waals surface area contributed by atoms with Gasteiger partial charge in [-0.05, 0) is 31.5 Å². The summed E-state index contributed by atoms with van der Waals surface area (Å²) in [5.74, 6) is 5.88. The van der Waals surface area contributed by atoms with E-state index >= 15 is 0 Å². The van der Waals surface area contributed by atoms with Gasteiger partial charge < -0.3 is 5.11 Å². The minimum absolute atomic E-state index is 0.0629. The molecule has 0 amide bonds. The summed E-state index contributed by atoms with van der Waals surface area (Å²) in [6.45, 7) is 3.55. The van der Waals surface area contributed by atoms with E-state index < -0.39 is 0 Å². The van der Waals surface area contributed by atoms with Gasteiger partial charge in [-0.3, -0.25) is 4.79 Å². The van der Waals surface area contributed by atoms with E-state index in [1.807, 2.05) is 19.1 Å². The molecule has 0 aliphatic rings.